The zero-order valence-electron chi connectivity index (χ0n) is 10.2. The molecule has 1 heterocycles. The summed E-state index contributed by atoms with van der Waals surface area (Å²) in [6.07, 6.45) is 3.30. The number of hydrogen-bond donors (Lipinski definition) is 0. The van der Waals surface area contributed by atoms with Gasteiger partial charge in [-0.2, -0.15) is 0 Å². The van der Waals surface area contributed by atoms with Crippen LogP contribution in [0.5, 0.6) is 5.75 Å². The van der Waals surface area contributed by atoms with Crippen molar-refractivity contribution in [2.75, 3.05) is 26.7 Å². The van der Waals surface area contributed by atoms with Crippen molar-refractivity contribution in [2.45, 2.75) is 12.8 Å². The van der Waals surface area contributed by atoms with Crippen molar-refractivity contribution in [1.82, 2.24) is 4.90 Å². The van der Waals surface area contributed by atoms with E-state index in [0.29, 0.717) is 6.61 Å². The lowest BCUT2D eigenvalue weighted by atomic mass is 10.0. The minimum absolute atomic E-state index is 0.110. The van der Waals surface area contributed by atoms with Crippen LogP contribution < -0.4 is 4.74 Å². The number of halogens is 1. The van der Waals surface area contributed by atoms with E-state index in [1.54, 1.807) is 12.1 Å². The van der Waals surface area contributed by atoms with Crippen molar-refractivity contribution in [3.8, 4) is 5.75 Å². The van der Waals surface area contributed by atoms with E-state index in [2.05, 4.69) is 18.5 Å². The van der Waals surface area contributed by atoms with Crippen LogP contribution >= 0.6 is 0 Å². The predicted octanol–water partition coefficient (Wildman–Crippen LogP) is 2.42. The van der Waals surface area contributed by atoms with Gasteiger partial charge >= 0.3 is 0 Å². The van der Waals surface area contributed by atoms with E-state index in [4.69, 9.17) is 4.74 Å². The van der Waals surface area contributed by atoms with Gasteiger partial charge < -0.3 is 9.64 Å². The summed E-state index contributed by atoms with van der Waals surface area (Å²) in [4.78, 5) is 2.22. The van der Waals surface area contributed by atoms with Gasteiger partial charge in [0.1, 0.15) is 18.2 Å². The summed E-state index contributed by atoms with van der Waals surface area (Å²) in [6, 6.07) is 3.23. The molecule has 2 rings (SSSR count). The van der Waals surface area contributed by atoms with E-state index >= 15 is 0 Å². The molecule has 1 aromatic rings. The molecule has 1 aromatic carbocycles. The number of nitrogens with zero attached hydrogens (tertiary/aromatic N) is 1. The minimum atomic E-state index is -0.110. The predicted molar refractivity (Wildman–Crippen MR) is 67.0 cm³/mol. The molecule has 0 bridgehead atoms. The third-order valence-electron chi connectivity index (χ3n) is 3.17. The first-order valence-corrected chi connectivity index (χ1v) is 5.95. The summed E-state index contributed by atoms with van der Waals surface area (Å²) < 4.78 is 19.4. The van der Waals surface area contributed by atoms with Crippen molar-refractivity contribution < 1.29 is 9.13 Å². The molecular weight excluding hydrogens is 217 g/mol. The SMILES string of the molecule is C=CCOc1ccc(F)c2c1CCN(C)CC2. The van der Waals surface area contributed by atoms with Gasteiger partial charge in [-0.25, -0.2) is 4.39 Å². The van der Waals surface area contributed by atoms with Gasteiger partial charge in [0.15, 0.2) is 0 Å². The molecule has 1 aliphatic heterocycles. The Morgan fingerprint density at radius 3 is 2.76 bits per heavy atom. The van der Waals surface area contributed by atoms with E-state index in [1.165, 1.54) is 6.07 Å². The fourth-order valence-corrected chi connectivity index (χ4v) is 2.19. The number of fused-ring (bicyclic) bond motifs is 1. The number of likely N-dealkylation sites (N-methyl/N-ethyl adjacent to an activating group) is 1. The number of ether oxygens (including phenoxy) is 1. The van der Waals surface area contributed by atoms with Crippen molar-refractivity contribution in [1.29, 1.82) is 0 Å². The lowest BCUT2D eigenvalue weighted by Crippen LogP contribution is -2.20. The zero-order valence-corrected chi connectivity index (χ0v) is 10.2. The molecule has 0 radical (unpaired) electrons. The Bertz CT molecular complexity index is 417. The smallest absolute Gasteiger partial charge is 0.126 e. The molecule has 0 spiro atoms. The maximum Gasteiger partial charge on any atom is 0.126 e. The largest absolute Gasteiger partial charge is 0.489 e. The van der Waals surface area contributed by atoms with Gasteiger partial charge in [-0.3, -0.25) is 0 Å². The Labute approximate surface area is 102 Å². The highest BCUT2D eigenvalue weighted by atomic mass is 19.1. The van der Waals surface area contributed by atoms with E-state index in [1.807, 2.05) is 0 Å². The van der Waals surface area contributed by atoms with Crippen LogP contribution in [0.3, 0.4) is 0 Å². The van der Waals surface area contributed by atoms with Crippen LogP contribution in [0.4, 0.5) is 4.39 Å². The summed E-state index contributed by atoms with van der Waals surface area (Å²) in [5, 5.41) is 0. The first-order valence-electron chi connectivity index (χ1n) is 5.95. The van der Waals surface area contributed by atoms with Crippen LogP contribution in [-0.4, -0.2) is 31.6 Å². The number of hydrogen-bond acceptors (Lipinski definition) is 2. The third-order valence-corrected chi connectivity index (χ3v) is 3.17. The van der Waals surface area contributed by atoms with Crippen LogP contribution in [0.2, 0.25) is 0 Å². The van der Waals surface area contributed by atoms with Crippen LogP contribution in [0.25, 0.3) is 0 Å². The summed E-state index contributed by atoms with van der Waals surface area (Å²) in [5.41, 5.74) is 1.84. The van der Waals surface area contributed by atoms with Gasteiger partial charge in [0.05, 0.1) is 0 Å². The molecule has 0 aromatic heterocycles. The van der Waals surface area contributed by atoms with Gasteiger partial charge in [0.2, 0.25) is 0 Å². The minimum Gasteiger partial charge on any atom is -0.489 e. The normalized spacial score (nSPS) is 16.1. The van der Waals surface area contributed by atoms with E-state index in [9.17, 15) is 4.39 Å². The maximum atomic E-state index is 13.8. The van der Waals surface area contributed by atoms with Crippen molar-refractivity contribution in [2.24, 2.45) is 0 Å². The van der Waals surface area contributed by atoms with E-state index in [0.717, 1.165) is 42.8 Å². The fourth-order valence-electron chi connectivity index (χ4n) is 2.19. The van der Waals surface area contributed by atoms with Gasteiger partial charge in [0.25, 0.3) is 0 Å². The molecule has 1 aliphatic rings. The van der Waals surface area contributed by atoms with Crippen molar-refractivity contribution in [3.05, 3.63) is 41.7 Å². The molecule has 3 heteroatoms. The van der Waals surface area contributed by atoms with Crippen LogP contribution in [0.1, 0.15) is 11.1 Å². The molecule has 0 fully saturated rings. The monoisotopic (exact) mass is 235 g/mol. The van der Waals surface area contributed by atoms with Gasteiger partial charge in [0, 0.05) is 18.7 Å². The summed E-state index contributed by atoms with van der Waals surface area (Å²) in [6.45, 7) is 5.94. The topological polar surface area (TPSA) is 12.5 Å². The van der Waals surface area contributed by atoms with Gasteiger partial charge in [-0.15, -0.1) is 0 Å². The highest BCUT2D eigenvalue weighted by Gasteiger charge is 2.18. The Balaban J connectivity index is 2.33. The molecule has 92 valence electrons. The van der Waals surface area contributed by atoms with Gasteiger partial charge in [-0.05, 0) is 37.6 Å². The maximum absolute atomic E-state index is 13.8. The third kappa shape index (κ3) is 2.67. The Morgan fingerprint density at radius 1 is 1.35 bits per heavy atom. The highest BCUT2D eigenvalue weighted by Crippen LogP contribution is 2.28. The molecular formula is C14H18FNO. The average molecular weight is 235 g/mol. The Kier molecular flexibility index (Phi) is 3.79. The zero-order chi connectivity index (χ0) is 12.3. The summed E-state index contributed by atoms with van der Waals surface area (Å²) in [5.74, 6) is 0.692. The lowest BCUT2D eigenvalue weighted by Gasteiger charge is -2.13. The second-order valence-electron chi connectivity index (χ2n) is 4.41. The number of benzene rings is 1. The van der Waals surface area contributed by atoms with Gasteiger partial charge in [-0.1, -0.05) is 12.7 Å². The molecule has 17 heavy (non-hydrogen) atoms. The second-order valence-corrected chi connectivity index (χ2v) is 4.41. The fraction of sp³-hybridized carbons (Fsp3) is 0.429. The quantitative estimate of drug-likeness (QED) is 0.746. The molecule has 0 aliphatic carbocycles. The number of rotatable bonds is 3. The van der Waals surface area contributed by atoms with Crippen LogP contribution in [0, 0.1) is 5.82 Å². The van der Waals surface area contributed by atoms with Crippen LogP contribution in [0.15, 0.2) is 24.8 Å². The van der Waals surface area contributed by atoms with Crippen LogP contribution in [-0.2, 0) is 12.8 Å². The van der Waals surface area contributed by atoms with E-state index < -0.39 is 0 Å². The Hall–Kier alpha value is -1.35. The van der Waals surface area contributed by atoms with Crippen molar-refractivity contribution >= 4 is 0 Å². The average Bonchev–Trinajstić information content (AvgIpc) is 2.52. The Morgan fingerprint density at radius 2 is 2.06 bits per heavy atom. The molecule has 0 unspecified atom stereocenters. The lowest BCUT2D eigenvalue weighted by molar-refractivity contribution is 0.344. The molecule has 2 nitrogen and oxygen atoms in total. The molecule has 0 amide bonds. The standard InChI is InChI=1S/C14H18FNO/c1-3-10-17-14-5-4-13(15)11-6-8-16(2)9-7-12(11)14/h3-5H,1,6-10H2,2H3. The molecule has 0 saturated carbocycles. The van der Waals surface area contributed by atoms with Crippen molar-refractivity contribution in [3.63, 3.8) is 0 Å². The first-order chi connectivity index (χ1) is 8.22. The second kappa shape index (κ2) is 5.32. The molecule has 0 atom stereocenters. The first kappa shape index (κ1) is 12.1. The molecule has 0 saturated heterocycles. The van der Waals surface area contributed by atoms with E-state index in [-0.39, 0.29) is 5.82 Å². The highest BCUT2D eigenvalue weighted by molar-refractivity contribution is 5.42. The molecule has 0 N–H and O–H groups in total. The summed E-state index contributed by atoms with van der Waals surface area (Å²) >= 11 is 0. The summed E-state index contributed by atoms with van der Waals surface area (Å²) in [7, 11) is 2.06.